The highest BCUT2D eigenvalue weighted by Crippen LogP contribution is 2.27. The lowest BCUT2D eigenvalue weighted by Crippen LogP contribution is -2.13. The van der Waals surface area contributed by atoms with Gasteiger partial charge in [0.25, 0.3) is 0 Å². The molecule has 0 aliphatic rings. The zero-order valence-electron chi connectivity index (χ0n) is 11.2. The summed E-state index contributed by atoms with van der Waals surface area (Å²) in [6, 6.07) is 5.51. The molecule has 0 saturated heterocycles. The van der Waals surface area contributed by atoms with E-state index in [4.69, 9.17) is 10.5 Å². The molecule has 2 rings (SSSR count). The van der Waals surface area contributed by atoms with E-state index in [9.17, 15) is 4.79 Å². The molecule has 1 aromatic heterocycles. The maximum absolute atomic E-state index is 11.4. The summed E-state index contributed by atoms with van der Waals surface area (Å²) < 4.78 is 11.9. The van der Waals surface area contributed by atoms with E-state index < -0.39 is 0 Å². The van der Waals surface area contributed by atoms with Crippen molar-refractivity contribution in [3.8, 4) is 5.75 Å². The molecule has 0 unspecified atom stereocenters. The Morgan fingerprint density at radius 1 is 1.47 bits per heavy atom. The molecular weight excluding hydrogens is 246 g/mol. The van der Waals surface area contributed by atoms with Crippen molar-refractivity contribution in [3.05, 3.63) is 18.2 Å². The zero-order valence-corrected chi connectivity index (χ0v) is 11.2. The molecule has 1 aromatic carbocycles. The average Bonchev–Trinajstić information content (AvgIpc) is 2.67. The first-order valence-electron chi connectivity index (χ1n) is 6.01. The van der Waals surface area contributed by atoms with Gasteiger partial charge in [-0.3, -0.25) is 9.36 Å². The van der Waals surface area contributed by atoms with Crippen molar-refractivity contribution in [3.63, 3.8) is 0 Å². The molecule has 0 bridgehead atoms. The predicted octanol–water partition coefficient (Wildman–Crippen LogP) is 1.58. The normalized spacial score (nSPS) is 10.9. The zero-order chi connectivity index (χ0) is 14.0. The third-order valence-electron chi connectivity index (χ3n) is 2.65. The van der Waals surface area contributed by atoms with Gasteiger partial charge in [-0.15, -0.1) is 0 Å². The third-order valence-corrected chi connectivity index (χ3v) is 2.65. The van der Waals surface area contributed by atoms with E-state index in [2.05, 4.69) is 9.72 Å². The predicted molar refractivity (Wildman–Crippen MR) is 71.9 cm³/mol. The number of carbonyl (C=O) groups is 1. The van der Waals surface area contributed by atoms with Crippen LogP contribution in [0.1, 0.15) is 13.8 Å². The standard InChI is InChI=1S/C13H17N3O3/c1-8(2)19-10-6-4-5-9-12(10)15-13(14)16(9)7-11(17)18-3/h4-6,8H,7H2,1-3H3,(H2,14,15). The minimum Gasteiger partial charge on any atom is -0.489 e. The molecule has 0 atom stereocenters. The number of aromatic nitrogens is 2. The number of hydrogen-bond acceptors (Lipinski definition) is 5. The molecule has 2 aromatic rings. The fourth-order valence-electron chi connectivity index (χ4n) is 1.85. The van der Waals surface area contributed by atoms with E-state index in [1.807, 2.05) is 32.0 Å². The van der Waals surface area contributed by atoms with Gasteiger partial charge in [0.2, 0.25) is 5.95 Å². The molecule has 19 heavy (non-hydrogen) atoms. The van der Waals surface area contributed by atoms with Gasteiger partial charge in [0.15, 0.2) is 0 Å². The SMILES string of the molecule is COC(=O)Cn1c(N)nc2c(OC(C)C)cccc21. The Hall–Kier alpha value is -2.24. The number of methoxy groups -OCH3 is 1. The van der Waals surface area contributed by atoms with E-state index in [1.54, 1.807) is 4.57 Å². The van der Waals surface area contributed by atoms with E-state index >= 15 is 0 Å². The minimum atomic E-state index is -0.374. The van der Waals surface area contributed by atoms with E-state index in [0.29, 0.717) is 11.3 Å². The number of anilines is 1. The second-order valence-electron chi connectivity index (χ2n) is 4.42. The van der Waals surface area contributed by atoms with Gasteiger partial charge < -0.3 is 15.2 Å². The number of benzene rings is 1. The summed E-state index contributed by atoms with van der Waals surface area (Å²) >= 11 is 0. The number of hydrogen-bond donors (Lipinski definition) is 1. The van der Waals surface area contributed by atoms with Crippen LogP contribution in [0.15, 0.2) is 18.2 Å². The molecule has 6 nitrogen and oxygen atoms in total. The van der Waals surface area contributed by atoms with Crippen molar-refractivity contribution in [2.75, 3.05) is 12.8 Å². The highest BCUT2D eigenvalue weighted by atomic mass is 16.5. The number of imidazole rings is 1. The first-order valence-corrected chi connectivity index (χ1v) is 6.01. The number of ether oxygens (including phenoxy) is 2. The second-order valence-corrected chi connectivity index (χ2v) is 4.42. The van der Waals surface area contributed by atoms with Crippen molar-refractivity contribution >= 4 is 23.0 Å². The molecule has 0 fully saturated rings. The van der Waals surface area contributed by atoms with Gasteiger partial charge in [0, 0.05) is 0 Å². The lowest BCUT2D eigenvalue weighted by molar-refractivity contribution is -0.141. The summed E-state index contributed by atoms with van der Waals surface area (Å²) in [6.07, 6.45) is 0.0394. The van der Waals surface area contributed by atoms with Crippen molar-refractivity contribution in [1.29, 1.82) is 0 Å². The summed E-state index contributed by atoms with van der Waals surface area (Å²) in [5.74, 6) is 0.546. The van der Waals surface area contributed by atoms with Crippen LogP contribution in [-0.2, 0) is 16.1 Å². The Morgan fingerprint density at radius 2 is 2.21 bits per heavy atom. The second kappa shape index (κ2) is 5.17. The topological polar surface area (TPSA) is 79.4 Å². The lowest BCUT2D eigenvalue weighted by atomic mass is 10.3. The van der Waals surface area contributed by atoms with Crippen molar-refractivity contribution in [1.82, 2.24) is 9.55 Å². The summed E-state index contributed by atoms with van der Waals surface area (Å²) in [5, 5.41) is 0. The minimum absolute atomic E-state index is 0.0317. The third kappa shape index (κ3) is 2.62. The van der Waals surface area contributed by atoms with Gasteiger partial charge >= 0.3 is 5.97 Å². The van der Waals surface area contributed by atoms with Crippen LogP contribution < -0.4 is 10.5 Å². The number of nitrogens with two attached hydrogens (primary N) is 1. The molecule has 0 amide bonds. The van der Waals surface area contributed by atoms with Crippen LogP contribution in [-0.4, -0.2) is 28.7 Å². The van der Waals surface area contributed by atoms with Crippen molar-refractivity contribution in [2.24, 2.45) is 0 Å². The van der Waals surface area contributed by atoms with Gasteiger partial charge in [-0.25, -0.2) is 4.98 Å². The number of para-hydroxylation sites is 1. The highest BCUT2D eigenvalue weighted by molar-refractivity contribution is 5.86. The molecule has 102 valence electrons. The smallest absolute Gasteiger partial charge is 0.325 e. The summed E-state index contributed by atoms with van der Waals surface area (Å²) in [7, 11) is 1.34. The van der Waals surface area contributed by atoms with Gasteiger partial charge in [-0.2, -0.15) is 0 Å². The fourth-order valence-corrected chi connectivity index (χ4v) is 1.85. The molecule has 0 spiro atoms. The highest BCUT2D eigenvalue weighted by Gasteiger charge is 2.15. The molecule has 1 heterocycles. The first kappa shape index (κ1) is 13.2. The lowest BCUT2D eigenvalue weighted by Gasteiger charge is -2.10. The van der Waals surface area contributed by atoms with E-state index in [1.165, 1.54) is 7.11 Å². The maximum Gasteiger partial charge on any atom is 0.325 e. The van der Waals surface area contributed by atoms with Crippen LogP contribution in [0.5, 0.6) is 5.75 Å². The quantitative estimate of drug-likeness (QED) is 0.847. The molecule has 2 N–H and O–H groups in total. The average molecular weight is 263 g/mol. The Morgan fingerprint density at radius 3 is 2.84 bits per heavy atom. The number of esters is 1. The largest absolute Gasteiger partial charge is 0.489 e. The van der Waals surface area contributed by atoms with Crippen LogP contribution in [0, 0.1) is 0 Å². The molecule has 6 heteroatoms. The summed E-state index contributed by atoms with van der Waals surface area (Å²) in [4.78, 5) is 15.6. The Balaban J connectivity index is 2.49. The fraction of sp³-hybridized carbons (Fsp3) is 0.385. The molecule has 0 radical (unpaired) electrons. The van der Waals surface area contributed by atoms with Crippen LogP contribution in [0.25, 0.3) is 11.0 Å². The van der Waals surface area contributed by atoms with Gasteiger partial charge in [0.1, 0.15) is 17.8 Å². The van der Waals surface area contributed by atoms with Crippen LogP contribution in [0.4, 0.5) is 5.95 Å². The Kier molecular flexibility index (Phi) is 3.59. The molecular formula is C13H17N3O3. The number of carbonyl (C=O) groups excluding carboxylic acids is 1. The number of rotatable bonds is 4. The van der Waals surface area contributed by atoms with Gasteiger partial charge in [-0.1, -0.05) is 6.07 Å². The summed E-state index contributed by atoms with van der Waals surface area (Å²) in [5.41, 5.74) is 7.25. The van der Waals surface area contributed by atoms with Crippen LogP contribution in [0.3, 0.4) is 0 Å². The number of fused-ring (bicyclic) bond motifs is 1. The number of nitrogens with zero attached hydrogens (tertiary/aromatic N) is 2. The Labute approximate surface area is 111 Å². The summed E-state index contributed by atoms with van der Waals surface area (Å²) in [6.45, 7) is 3.91. The van der Waals surface area contributed by atoms with Crippen molar-refractivity contribution < 1.29 is 14.3 Å². The molecule has 0 saturated carbocycles. The monoisotopic (exact) mass is 263 g/mol. The Bertz CT molecular complexity index is 604. The van der Waals surface area contributed by atoms with Crippen molar-refractivity contribution in [2.45, 2.75) is 26.5 Å². The van der Waals surface area contributed by atoms with Gasteiger partial charge in [-0.05, 0) is 26.0 Å². The van der Waals surface area contributed by atoms with E-state index in [-0.39, 0.29) is 24.6 Å². The van der Waals surface area contributed by atoms with E-state index in [0.717, 1.165) is 5.52 Å². The first-order chi connectivity index (χ1) is 9.02. The molecule has 0 aliphatic heterocycles. The van der Waals surface area contributed by atoms with Gasteiger partial charge in [0.05, 0.1) is 18.7 Å². The van der Waals surface area contributed by atoms with Crippen LogP contribution in [0.2, 0.25) is 0 Å². The van der Waals surface area contributed by atoms with Crippen LogP contribution >= 0.6 is 0 Å². The maximum atomic E-state index is 11.4. The number of nitrogen functional groups attached to an aromatic ring is 1. The molecule has 0 aliphatic carbocycles.